The smallest absolute Gasteiger partial charge is 0.339 e. The molecule has 0 bridgehead atoms. The summed E-state index contributed by atoms with van der Waals surface area (Å²) in [4.78, 5) is 103. The first-order valence-corrected chi connectivity index (χ1v) is 26.2. The molecule has 0 N–H and O–H groups in total. The third-order valence-electron chi connectivity index (χ3n) is 12.2. The molecule has 0 saturated heterocycles. The molecule has 16 heteroatoms. The molecule has 0 radical (unpaired) electrons. The Morgan fingerprint density at radius 3 is 1.17 bits per heavy atom. The molecule has 430 valence electrons. The number of esters is 7. The monoisotopic (exact) mass is 1130 g/mol. The molecular weight excluding hydrogens is 1060 g/mol. The number of hydrogen-bond acceptors (Lipinski definition) is 15. The van der Waals surface area contributed by atoms with Crippen molar-refractivity contribution in [2.24, 2.45) is 5.92 Å². The second-order valence-corrected chi connectivity index (χ2v) is 19.7. The average Bonchev–Trinajstić information content (AvgIpc) is 3.61. The third-order valence-corrected chi connectivity index (χ3v) is 12.2. The number of carbonyl (C=O) groups excluding carboxylic acids is 8. The summed E-state index contributed by atoms with van der Waals surface area (Å²) in [5.74, 6) is -4.41. The van der Waals surface area contributed by atoms with E-state index in [1.165, 1.54) is 45.6 Å². The van der Waals surface area contributed by atoms with E-state index in [9.17, 15) is 38.4 Å². The van der Waals surface area contributed by atoms with E-state index in [1.54, 1.807) is 79.7 Å². The number of amides is 1. The van der Waals surface area contributed by atoms with E-state index in [0.29, 0.717) is 34.4 Å². The lowest BCUT2D eigenvalue weighted by atomic mass is 9.95. The van der Waals surface area contributed by atoms with Crippen LogP contribution < -0.4 is 14.2 Å². The summed E-state index contributed by atoms with van der Waals surface area (Å²) in [5.41, 5.74) is 6.72. The molecule has 0 saturated carbocycles. The second kappa shape index (κ2) is 30.6. The van der Waals surface area contributed by atoms with Crippen molar-refractivity contribution in [3.8, 4) is 50.6 Å². The minimum Gasteiger partial charge on any atom is -0.462 e. The predicted octanol–water partition coefficient (Wildman–Crippen LogP) is 11.7. The summed E-state index contributed by atoms with van der Waals surface area (Å²) in [6.45, 7) is 30.5. The zero-order valence-corrected chi connectivity index (χ0v) is 47.6. The highest BCUT2D eigenvalue weighted by Gasteiger charge is 2.22. The molecule has 1 unspecified atom stereocenters. The number of benzene rings is 5. The molecule has 0 fully saturated rings. The van der Waals surface area contributed by atoms with Gasteiger partial charge in [-0.1, -0.05) is 106 Å². The first-order valence-electron chi connectivity index (χ1n) is 26.2. The number of allylic oxidation sites excluding steroid dienone is 1. The highest BCUT2D eigenvalue weighted by atomic mass is 16.6. The van der Waals surface area contributed by atoms with E-state index >= 15 is 0 Å². The Kier molecular flexibility index (Phi) is 23.5. The van der Waals surface area contributed by atoms with E-state index in [0.717, 1.165) is 16.7 Å². The molecule has 5 rings (SSSR count). The van der Waals surface area contributed by atoms with Gasteiger partial charge >= 0.3 is 41.8 Å². The number of nitrogens with zero attached hydrogens (tertiary/aromatic N) is 1. The Balaban J connectivity index is 1.27. The van der Waals surface area contributed by atoms with Crippen LogP contribution in [0.3, 0.4) is 0 Å². The highest BCUT2D eigenvalue weighted by molar-refractivity contribution is 5.98. The normalized spacial score (nSPS) is 11.1. The van der Waals surface area contributed by atoms with Crippen molar-refractivity contribution in [3.63, 3.8) is 0 Å². The molecule has 5 aromatic carbocycles. The zero-order chi connectivity index (χ0) is 60.9. The van der Waals surface area contributed by atoms with Crippen LogP contribution in [0.1, 0.15) is 63.9 Å². The van der Waals surface area contributed by atoms with Crippen molar-refractivity contribution in [1.29, 1.82) is 0 Å². The second-order valence-electron chi connectivity index (χ2n) is 19.7. The van der Waals surface area contributed by atoms with Crippen molar-refractivity contribution in [1.82, 2.24) is 4.90 Å². The SMILES string of the molecule is C=C(C)C(=O)OCCN(CCOC(=O)C(=C)C)C(=O)c1cc(-c2ccc(OC(=O)C(=C)C)cc2)cc(-c2ccc(OC(=O)C(=C)CC=C(C)C(=O)OCC(COC(=O)C(=C)C)Cc3ccc(-c4ccc(OC(=O)C(=C)C)cc4)cc3)cc2)c1. The maximum Gasteiger partial charge on any atom is 0.339 e. The summed E-state index contributed by atoms with van der Waals surface area (Å²) in [6, 6.07) is 33.1. The third kappa shape index (κ3) is 20.0. The first kappa shape index (κ1) is 63.9. The van der Waals surface area contributed by atoms with Crippen LogP contribution in [0.15, 0.2) is 200 Å². The standard InChI is InChI=1S/C67H67NO15/c1-41(2)61(70)77-33-31-68(32-34-78-62(71)42(3)4)60(69)56-37-54(52-21-27-58(28-22-52)82-65(74)45(9)10)36-55(38-56)53-23-29-59(30-24-53)83-67(76)47(12)14-13-46(11)66(75)80-40-49(39-79-63(72)43(5)6)35-48-15-17-50(18-16-48)51-19-25-57(26-20-51)81-64(73)44(7)8/h13,15-30,36-38,49H,1,3,5,7,9,12,14,31-35,39-40H2,2,4,6,8,10-11H3. The lowest BCUT2D eigenvalue weighted by molar-refractivity contribution is -0.144. The summed E-state index contributed by atoms with van der Waals surface area (Å²) in [7, 11) is 0. The van der Waals surface area contributed by atoms with Gasteiger partial charge < -0.3 is 38.1 Å². The molecule has 1 amide bonds. The van der Waals surface area contributed by atoms with Crippen LogP contribution in [-0.2, 0) is 58.9 Å². The maximum absolute atomic E-state index is 14.4. The van der Waals surface area contributed by atoms with Crippen molar-refractivity contribution in [2.75, 3.05) is 39.5 Å². The van der Waals surface area contributed by atoms with Gasteiger partial charge in [0.1, 0.15) is 30.5 Å². The summed E-state index contributed by atoms with van der Waals surface area (Å²) in [5, 5.41) is 0. The predicted molar refractivity (Wildman–Crippen MR) is 315 cm³/mol. The fourth-order valence-corrected chi connectivity index (χ4v) is 7.44. The highest BCUT2D eigenvalue weighted by Crippen LogP contribution is 2.32. The Hall–Kier alpha value is -9.96. The number of carbonyl (C=O) groups is 8. The fourth-order valence-electron chi connectivity index (χ4n) is 7.44. The average molecular weight is 1130 g/mol. The lowest BCUT2D eigenvalue weighted by Gasteiger charge is -2.23. The van der Waals surface area contributed by atoms with Crippen molar-refractivity contribution >= 4 is 47.7 Å². The van der Waals surface area contributed by atoms with Crippen molar-refractivity contribution in [3.05, 3.63) is 211 Å². The van der Waals surface area contributed by atoms with Gasteiger partial charge in [0.15, 0.2) is 0 Å². The molecule has 16 nitrogen and oxygen atoms in total. The summed E-state index contributed by atoms with van der Waals surface area (Å²) in [6.07, 6.45) is 1.85. The Morgan fingerprint density at radius 1 is 0.422 bits per heavy atom. The van der Waals surface area contributed by atoms with E-state index in [4.69, 9.17) is 33.2 Å². The molecule has 0 aromatic heterocycles. The van der Waals surface area contributed by atoms with Gasteiger partial charge in [0.25, 0.3) is 5.91 Å². The van der Waals surface area contributed by atoms with Crippen molar-refractivity contribution in [2.45, 2.75) is 54.4 Å². The minimum absolute atomic E-state index is 0.0426. The van der Waals surface area contributed by atoms with Crippen LogP contribution in [0.5, 0.6) is 17.2 Å². The minimum atomic E-state index is -0.753. The van der Waals surface area contributed by atoms with Crippen LogP contribution in [0.25, 0.3) is 33.4 Å². The first-order chi connectivity index (χ1) is 39.4. The molecule has 0 aliphatic heterocycles. The summed E-state index contributed by atoms with van der Waals surface area (Å²) < 4.78 is 38.1. The van der Waals surface area contributed by atoms with Crippen LogP contribution in [0, 0.1) is 5.92 Å². The number of hydrogen-bond donors (Lipinski definition) is 0. The van der Waals surface area contributed by atoms with E-state index in [2.05, 4.69) is 39.5 Å². The topological polar surface area (TPSA) is 204 Å². The van der Waals surface area contributed by atoms with E-state index < -0.39 is 53.6 Å². The number of rotatable bonds is 28. The van der Waals surface area contributed by atoms with Crippen LogP contribution in [-0.4, -0.2) is 92.1 Å². The molecule has 0 aliphatic rings. The van der Waals surface area contributed by atoms with Gasteiger partial charge in [-0.15, -0.1) is 0 Å². The van der Waals surface area contributed by atoms with E-state index in [1.807, 2.05) is 42.5 Å². The van der Waals surface area contributed by atoms with Gasteiger partial charge in [0.05, 0.1) is 26.3 Å². The van der Waals surface area contributed by atoms with Gasteiger partial charge in [-0.3, -0.25) is 4.79 Å². The van der Waals surface area contributed by atoms with Crippen molar-refractivity contribution < 1.29 is 71.5 Å². The van der Waals surface area contributed by atoms with E-state index in [-0.39, 0.29) is 102 Å². The van der Waals surface area contributed by atoms with Gasteiger partial charge in [0, 0.05) is 50.5 Å². The molecular formula is C67H67NO15. The molecule has 83 heavy (non-hydrogen) atoms. The van der Waals surface area contributed by atoms with Crippen LogP contribution in [0.2, 0.25) is 0 Å². The Morgan fingerprint density at radius 2 is 0.771 bits per heavy atom. The van der Waals surface area contributed by atoms with Gasteiger partial charge in [-0.05, 0) is 148 Å². The summed E-state index contributed by atoms with van der Waals surface area (Å²) >= 11 is 0. The Bertz CT molecular complexity index is 3330. The molecule has 1 atom stereocenters. The quantitative estimate of drug-likeness (QED) is 0.0198. The van der Waals surface area contributed by atoms with Gasteiger partial charge in [-0.25, -0.2) is 33.6 Å². The van der Waals surface area contributed by atoms with Gasteiger partial charge in [0.2, 0.25) is 0 Å². The number of ether oxygens (including phenoxy) is 7. The maximum atomic E-state index is 14.4. The molecule has 0 spiro atoms. The lowest BCUT2D eigenvalue weighted by Crippen LogP contribution is -2.37. The molecule has 5 aromatic rings. The van der Waals surface area contributed by atoms with Crippen LogP contribution >= 0.6 is 0 Å². The molecule has 0 aliphatic carbocycles. The largest absolute Gasteiger partial charge is 0.462 e. The van der Waals surface area contributed by atoms with Gasteiger partial charge in [-0.2, -0.15) is 0 Å². The Labute approximate surface area is 483 Å². The fraction of sp³-hybridized carbons (Fsp3) is 0.224. The zero-order valence-electron chi connectivity index (χ0n) is 47.6. The van der Waals surface area contributed by atoms with Crippen LogP contribution in [0.4, 0.5) is 0 Å². The molecule has 0 heterocycles.